The fourth-order valence-electron chi connectivity index (χ4n) is 5.10. The molecule has 0 spiro atoms. The Hall–Kier alpha value is -0.830. The highest BCUT2D eigenvalue weighted by atomic mass is 31.2. The summed E-state index contributed by atoms with van der Waals surface area (Å²) in [6.07, 6.45) is 8.68. The van der Waals surface area contributed by atoms with Crippen LogP contribution in [0.4, 0.5) is 0 Å². The SMILES string of the molecule is COP(CCCC1(C)CCc2cc(O)c3c(c2O1)C1CCC3C1)OC. The van der Waals surface area contributed by atoms with Crippen molar-refractivity contribution in [3.63, 3.8) is 0 Å². The van der Waals surface area contributed by atoms with Gasteiger partial charge in [0.15, 0.2) is 8.38 Å². The average Bonchev–Trinajstić information content (AvgIpc) is 3.22. The van der Waals surface area contributed by atoms with Gasteiger partial charge >= 0.3 is 0 Å². The van der Waals surface area contributed by atoms with Gasteiger partial charge < -0.3 is 18.9 Å². The van der Waals surface area contributed by atoms with E-state index in [1.807, 2.05) is 6.07 Å². The van der Waals surface area contributed by atoms with Gasteiger partial charge in [0.1, 0.15) is 17.1 Å². The minimum Gasteiger partial charge on any atom is -0.508 e. The molecule has 0 saturated heterocycles. The van der Waals surface area contributed by atoms with E-state index in [-0.39, 0.29) is 5.60 Å². The zero-order chi connectivity index (χ0) is 17.6. The van der Waals surface area contributed by atoms with E-state index in [1.165, 1.54) is 36.0 Å². The van der Waals surface area contributed by atoms with Crippen LogP contribution in [-0.2, 0) is 15.5 Å². The molecule has 2 bridgehead atoms. The largest absolute Gasteiger partial charge is 0.508 e. The molecule has 138 valence electrons. The van der Waals surface area contributed by atoms with Crippen LogP contribution in [0.5, 0.6) is 11.5 Å². The lowest BCUT2D eigenvalue weighted by molar-refractivity contribution is 0.0537. The van der Waals surface area contributed by atoms with Crippen LogP contribution in [-0.4, -0.2) is 31.1 Å². The highest BCUT2D eigenvalue weighted by molar-refractivity contribution is 7.47. The molecule has 0 radical (unpaired) electrons. The molecular weight excluding hydrogens is 335 g/mol. The summed E-state index contributed by atoms with van der Waals surface area (Å²) >= 11 is 0. The minimum absolute atomic E-state index is 0.123. The topological polar surface area (TPSA) is 47.9 Å². The summed E-state index contributed by atoms with van der Waals surface area (Å²) in [5, 5.41) is 10.5. The number of aryl methyl sites for hydroxylation is 1. The molecule has 5 heteroatoms. The van der Waals surface area contributed by atoms with Gasteiger partial charge in [-0.15, -0.1) is 0 Å². The lowest BCUT2D eigenvalue weighted by Crippen LogP contribution is -2.37. The van der Waals surface area contributed by atoms with Gasteiger partial charge in [0.05, 0.1) is 0 Å². The number of fused-ring (bicyclic) bond motifs is 7. The third kappa shape index (κ3) is 3.07. The molecule has 1 aromatic rings. The minimum atomic E-state index is -0.760. The molecule has 4 nitrogen and oxygen atoms in total. The van der Waals surface area contributed by atoms with Crippen LogP contribution in [0.1, 0.15) is 74.0 Å². The van der Waals surface area contributed by atoms with Crippen LogP contribution in [0.25, 0.3) is 0 Å². The van der Waals surface area contributed by atoms with Gasteiger partial charge in [0.2, 0.25) is 0 Å². The number of phenols is 1. The van der Waals surface area contributed by atoms with Gasteiger partial charge in [-0.1, -0.05) is 0 Å². The van der Waals surface area contributed by atoms with Gasteiger partial charge in [-0.3, -0.25) is 0 Å². The maximum Gasteiger partial charge on any atom is 0.169 e. The molecule has 1 heterocycles. The van der Waals surface area contributed by atoms with Crippen molar-refractivity contribution in [3.05, 3.63) is 22.8 Å². The highest BCUT2D eigenvalue weighted by Crippen LogP contribution is 2.60. The van der Waals surface area contributed by atoms with E-state index in [0.29, 0.717) is 17.6 Å². The van der Waals surface area contributed by atoms with Crippen LogP contribution >= 0.6 is 8.38 Å². The molecule has 3 aliphatic rings. The maximum absolute atomic E-state index is 10.5. The Morgan fingerprint density at radius 3 is 2.68 bits per heavy atom. The lowest BCUT2D eigenvalue weighted by atomic mass is 9.83. The molecule has 1 fully saturated rings. The Bertz CT molecular complexity index is 658. The van der Waals surface area contributed by atoms with Gasteiger partial charge in [-0.25, -0.2) is 0 Å². The first-order valence-electron chi connectivity index (χ1n) is 9.48. The van der Waals surface area contributed by atoms with Crippen molar-refractivity contribution < 1.29 is 18.9 Å². The molecule has 0 aromatic heterocycles. The van der Waals surface area contributed by atoms with Crippen molar-refractivity contribution in [1.29, 1.82) is 0 Å². The fraction of sp³-hybridized carbons (Fsp3) is 0.700. The number of rotatable bonds is 6. The van der Waals surface area contributed by atoms with Crippen molar-refractivity contribution >= 4 is 8.38 Å². The second kappa shape index (κ2) is 6.72. The maximum atomic E-state index is 10.5. The molecular formula is C20H29O4P. The van der Waals surface area contributed by atoms with Crippen LogP contribution in [0, 0.1) is 0 Å². The molecule has 1 aliphatic heterocycles. The molecule has 3 unspecified atom stereocenters. The highest BCUT2D eigenvalue weighted by Gasteiger charge is 2.44. The van der Waals surface area contributed by atoms with Crippen LogP contribution in [0.3, 0.4) is 0 Å². The van der Waals surface area contributed by atoms with Crippen molar-refractivity contribution in [2.45, 2.75) is 69.3 Å². The zero-order valence-electron chi connectivity index (χ0n) is 15.5. The number of hydrogen-bond donors (Lipinski definition) is 1. The summed E-state index contributed by atoms with van der Waals surface area (Å²) in [4.78, 5) is 0. The van der Waals surface area contributed by atoms with E-state index in [9.17, 15) is 5.11 Å². The number of hydrogen-bond acceptors (Lipinski definition) is 4. The fourth-order valence-corrected chi connectivity index (χ4v) is 6.03. The van der Waals surface area contributed by atoms with Crippen LogP contribution < -0.4 is 4.74 Å². The quantitative estimate of drug-likeness (QED) is 0.703. The van der Waals surface area contributed by atoms with Crippen molar-refractivity contribution in [2.24, 2.45) is 0 Å². The normalized spacial score (nSPS) is 29.6. The smallest absolute Gasteiger partial charge is 0.169 e. The summed E-state index contributed by atoms with van der Waals surface area (Å²) in [5.74, 6) is 2.76. The molecule has 1 saturated carbocycles. The van der Waals surface area contributed by atoms with Gasteiger partial charge in [-0.05, 0) is 75.3 Å². The summed E-state index contributed by atoms with van der Waals surface area (Å²) < 4.78 is 17.4. The van der Waals surface area contributed by atoms with Crippen LogP contribution in [0.2, 0.25) is 0 Å². The summed E-state index contributed by atoms with van der Waals surface area (Å²) in [5.41, 5.74) is 3.62. The van der Waals surface area contributed by atoms with Gasteiger partial charge in [0.25, 0.3) is 0 Å². The van der Waals surface area contributed by atoms with Gasteiger partial charge in [0, 0.05) is 31.5 Å². The molecule has 3 atom stereocenters. The Morgan fingerprint density at radius 2 is 1.96 bits per heavy atom. The Kier molecular flexibility index (Phi) is 4.72. The van der Waals surface area contributed by atoms with Crippen molar-refractivity contribution in [1.82, 2.24) is 0 Å². The Balaban J connectivity index is 1.53. The van der Waals surface area contributed by atoms with E-state index < -0.39 is 8.38 Å². The van der Waals surface area contributed by atoms with E-state index in [1.54, 1.807) is 14.2 Å². The van der Waals surface area contributed by atoms with Crippen molar-refractivity contribution in [2.75, 3.05) is 20.4 Å². The number of benzene rings is 1. The Labute approximate surface area is 151 Å². The summed E-state index contributed by atoms with van der Waals surface area (Å²) in [7, 11) is 2.68. The monoisotopic (exact) mass is 364 g/mol. The summed E-state index contributed by atoms with van der Waals surface area (Å²) in [6, 6.07) is 1.98. The zero-order valence-corrected chi connectivity index (χ0v) is 16.4. The first-order chi connectivity index (χ1) is 12.0. The third-order valence-electron chi connectivity index (χ3n) is 6.39. The Morgan fingerprint density at radius 1 is 1.24 bits per heavy atom. The molecule has 1 aromatic carbocycles. The second-order valence-electron chi connectivity index (χ2n) is 8.00. The standard InChI is InChI=1S/C20H29O4P/c1-20(8-4-10-25(22-2)23-3)9-7-15-12-16(21)17-13-5-6-14(11-13)18(17)19(15)24-20/h12-14,21H,4-11H2,1-3H3. The van der Waals surface area contributed by atoms with E-state index in [4.69, 9.17) is 13.8 Å². The molecule has 1 N–H and O–H groups in total. The second-order valence-corrected chi connectivity index (χ2v) is 9.84. The molecule has 0 amide bonds. The van der Waals surface area contributed by atoms with E-state index in [0.717, 1.165) is 37.6 Å². The van der Waals surface area contributed by atoms with E-state index in [2.05, 4.69) is 6.92 Å². The average molecular weight is 364 g/mol. The third-order valence-corrected chi connectivity index (χ3v) is 7.88. The first kappa shape index (κ1) is 17.6. The number of ether oxygens (including phenoxy) is 1. The predicted octanol–water partition coefficient (Wildman–Crippen LogP) is 5.23. The first-order valence-corrected chi connectivity index (χ1v) is 10.8. The summed E-state index contributed by atoms with van der Waals surface area (Å²) in [6.45, 7) is 2.24. The van der Waals surface area contributed by atoms with E-state index >= 15 is 0 Å². The number of phenolic OH excluding ortho intramolecular Hbond substituents is 1. The molecule has 4 rings (SSSR count). The number of aromatic hydroxyl groups is 1. The van der Waals surface area contributed by atoms with Gasteiger partial charge in [-0.2, -0.15) is 0 Å². The van der Waals surface area contributed by atoms with Crippen LogP contribution in [0.15, 0.2) is 6.07 Å². The predicted molar refractivity (Wildman–Crippen MR) is 99.8 cm³/mol. The van der Waals surface area contributed by atoms with Crippen molar-refractivity contribution in [3.8, 4) is 11.5 Å². The lowest BCUT2D eigenvalue weighted by Gasteiger charge is -2.38. The molecule has 2 aliphatic carbocycles. The molecule has 25 heavy (non-hydrogen) atoms.